The Labute approximate surface area is 173 Å². The molecule has 3 aliphatic rings. The second kappa shape index (κ2) is 7.16. The molecule has 8 nitrogen and oxygen atoms in total. The molecule has 1 atom stereocenters. The number of aromatic carboxylic acids is 1. The lowest BCUT2D eigenvalue weighted by atomic mass is 10.00. The van der Waals surface area contributed by atoms with Crippen LogP contribution in [0.5, 0.6) is 5.75 Å². The Bertz CT molecular complexity index is 1070. The van der Waals surface area contributed by atoms with Crippen LogP contribution in [0.1, 0.15) is 36.0 Å². The van der Waals surface area contributed by atoms with Gasteiger partial charge in [-0.1, -0.05) is 6.42 Å². The van der Waals surface area contributed by atoms with Crippen LogP contribution in [0.3, 0.4) is 0 Å². The number of carbonyl (C=O) groups is 1. The van der Waals surface area contributed by atoms with Gasteiger partial charge in [-0.05, 0) is 31.9 Å². The van der Waals surface area contributed by atoms with Crippen LogP contribution in [-0.2, 0) is 0 Å². The average molecular weight is 416 g/mol. The first kappa shape index (κ1) is 19.2. The molecule has 1 N–H and O–H groups in total. The summed E-state index contributed by atoms with van der Waals surface area (Å²) in [5.41, 5.74) is -0.308. The van der Waals surface area contributed by atoms with Gasteiger partial charge in [0, 0.05) is 38.9 Å². The lowest BCUT2D eigenvalue weighted by molar-refractivity contribution is 0.0694. The molecule has 0 saturated carbocycles. The van der Waals surface area contributed by atoms with Crippen molar-refractivity contribution >= 4 is 22.6 Å². The third-order valence-electron chi connectivity index (χ3n) is 6.60. The molecule has 30 heavy (non-hydrogen) atoms. The molecule has 1 aromatic carbocycles. The summed E-state index contributed by atoms with van der Waals surface area (Å²) in [4.78, 5) is 28.8. The summed E-state index contributed by atoms with van der Waals surface area (Å²) in [6, 6.07) is 1.70. The number of benzene rings is 1. The first-order chi connectivity index (χ1) is 14.5. The molecular formula is C21H25FN4O4. The fraction of sp³-hybridized carbons (Fsp3) is 0.524. The zero-order chi connectivity index (χ0) is 21.0. The second-order valence-electron chi connectivity index (χ2n) is 8.35. The van der Waals surface area contributed by atoms with Crippen molar-refractivity contribution in [2.75, 3.05) is 49.9 Å². The molecule has 5 rings (SSSR count). The molecule has 0 amide bonds. The van der Waals surface area contributed by atoms with E-state index < -0.39 is 17.2 Å². The zero-order valence-electron chi connectivity index (χ0n) is 16.9. The highest BCUT2D eigenvalue weighted by Crippen LogP contribution is 2.40. The zero-order valence-corrected chi connectivity index (χ0v) is 16.9. The van der Waals surface area contributed by atoms with Crippen LogP contribution in [0.15, 0.2) is 17.1 Å². The van der Waals surface area contributed by atoms with E-state index in [1.807, 2.05) is 4.90 Å². The number of pyridine rings is 1. The summed E-state index contributed by atoms with van der Waals surface area (Å²) in [5, 5.41) is 11.1. The minimum absolute atomic E-state index is 0.0185. The number of aromatic nitrogens is 1. The highest BCUT2D eigenvalue weighted by Gasteiger charge is 2.32. The monoisotopic (exact) mass is 416 g/mol. The molecule has 1 unspecified atom stereocenters. The van der Waals surface area contributed by atoms with Crippen molar-refractivity contribution in [2.24, 2.45) is 0 Å². The quantitative estimate of drug-likeness (QED) is 0.800. The van der Waals surface area contributed by atoms with E-state index >= 15 is 4.39 Å². The molecule has 2 saturated heterocycles. The van der Waals surface area contributed by atoms with E-state index in [2.05, 4.69) is 4.90 Å². The number of ether oxygens (including phenoxy) is 1. The van der Waals surface area contributed by atoms with Gasteiger partial charge in [0.2, 0.25) is 5.43 Å². The minimum atomic E-state index is -1.33. The molecule has 2 fully saturated rings. The molecule has 9 heteroatoms. The normalized spacial score (nSPS) is 21.9. The van der Waals surface area contributed by atoms with Gasteiger partial charge < -0.3 is 14.7 Å². The molecule has 0 aliphatic carbocycles. The Balaban J connectivity index is 1.65. The first-order valence-electron chi connectivity index (χ1n) is 10.4. The minimum Gasteiger partial charge on any atom is -0.477 e. The number of piperidine rings is 1. The maximum absolute atomic E-state index is 15.4. The number of fused-ring (bicyclic) bond motifs is 1. The highest BCUT2D eigenvalue weighted by atomic mass is 19.1. The van der Waals surface area contributed by atoms with E-state index in [1.165, 1.54) is 31.5 Å². The van der Waals surface area contributed by atoms with Crippen molar-refractivity contribution in [3.63, 3.8) is 0 Å². The molecular weight excluding hydrogens is 391 g/mol. The predicted octanol–water partition coefficient (Wildman–Crippen LogP) is 1.82. The van der Waals surface area contributed by atoms with E-state index in [4.69, 9.17) is 4.74 Å². The van der Waals surface area contributed by atoms with Gasteiger partial charge in [0.05, 0.1) is 5.39 Å². The number of rotatable bonds is 2. The Hall–Kier alpha value is -2.81. The van der Waals surface area contributed by atoms with Crippen LogP contribution in [0.25, 0.3) is 10.9 Å². The van der Waals surface area contributed by atoms with Gasteiger partial charge in [0.1, 0.15) is 16.8 Å². The molecule has 2 aromatic rings. The van der Waals surface area contributed by atoms with Crippen molar-refractivity contribution in [3.05, 3.63) is 33.9 Å². The smallest absolute Gasteiger partial charge is 0.341 e. The van der Waals surface area contributed by atoms with E-state index in [9.17, 15) is 14.7 Å². The summed E-state index contributed by atoms with van der Waals surface area (Å²) in [6.45, 7) is 3.48. The lowest BCUT2D eigenvalue weighted by Crippen LogP contribution is -2.41. The average Bonchev–Trinajstić information content (AvgIpc) is 2.94. The van der Waals surface area contributed by atoms with Gasteiger partial charge in [-0.25, -0.2) is 9.18 Å². The maximum Gasteiger partial charge on any atom is 0.341 e. The largest absolute Gasteiger partial charge is 0.477 e. The topological polar surface area (TPSA) is 78.2 Å². The number of nitrogens with zero attached hydrogens (tertiary/aromatic N) is 4. The molecule has 1 aromatic heterocycles. The van der Waals surface area contributed by atoms with Crippen molar-refractivity contribution < 1.29 is 19.0 Å². The molecule has 0 bridgehead atoms. The first-order valence-corrected chi connectivity index (χ1v) is 10.4. The summed E-state index contributed by atoms with van der Waals surface area (Å²) in [7, 11) is 1.73. The maximum atomic E-state index is 15.4. The van der Waals surface area contributed by atoms with E-state index in [0.29, 0.717) is 36.1 Å². The molecule has 0 spiro atoms. The molecule has 160 valence electrons. The van der Waals surface area contributed by atoms with Gasteiger partial charge in [-0.3, -0.25) is 19.4 Å². The van der Waals surface area contributed by atoms with Crippen molar-refractivity contribution in [1.29, 1.82) is 0 Å². The van der Waals surface area contributed by atoms with E-state index in [0.717, 1.165) is 19.5 Å². The SMILES string of the molecule is CN1COc2c(N3CCC4CCCCN4CC3)c(F)cc3c(=O)c(C(=O)O)cn1c23. The van der Waals surface area contributed by atoms with Crippen LogP contribution in [0.2, 0.25) is 0 Å². The van der Waals surface area contributed by atoms with Gasteiger partial charge in [0.15, 0.2) is 18.3 Å². The summed E-state index contributed by atoms with van der Waals surface area (Å²) in [6.07, 6.45) is 5.88. The van der Waals surface area contributed by atoms with Gasteiger partial charge >= 0.3 is 5.97 Å². The van der Waals surface area contributed by atoms with E-state index in [-0.39, 0.29) is 17.7 Å². The van der Waals surface area contributed by atoms with Crippen LogP contribution in [-0.4, -0.2) is 66.7 Å². The van der Waals surface area contributed by atoms with Gasteiger partial charge in [-0.2, -0.15) is 0 Å². The van der Waals surface area contributed by atoms with Crippen LogP contribution in [0.4, 0.5) is 10.1 Å². The van der Waals surface area contributed by atoms with Crippen molar-refractivity contribution in [1.82, 2.24) is 9.58 Å². The number of hydrogen-bond donors (Lipinski definition) is 1. The summed E-state index contributed by atoms with van der Waals surface area (Å²) >= 11 is 0. The van der Waals surface area contributed by atoms with Gasteiger partial charge in [-0.15, -0.1) is 0 Å². The third-order valence-corrected chi connectivity index (χ3v) is 6.60. The van der Waals surface area contributed by atoms with Crippen molar-refractivity contribution in [3.8, 4) is 5.75 Å². The van der Waals surface area contributed by atoms with Crippen molar-refractivity contribution in [2.45, 2.75) is 31.7 Å². The molecule has 4 heterocycles. The fourth-order valence-corrected chi connectivity index (χ4v) is 5.04. The summed E-state index contributed by atoms with van der Waals surface area (Å²) < 4.78 is 22.9. The number of hydrogen-bond acceptors (Lipinski definition) is 6. The van der Waals surface area contributed by atoms with Crippen LogP contribution >= 0.6 is 0 Å². The standard InChI is InChI=1S/C21H25FN4O4/c1-23-12-30-20-17-14(19(27)15(21(28)29)11-26(17)23)10-16(22)18(20)25-7-5-13-4-2-3-6-24(13)8-9-25/h10-11,13H,2-9,12H2,1H3,(H,28,29). The number of carboxylic acid groups (broad SMARTS) is 1. The Morgan fingerprint density at radius 2 is 2.03 bits per heavy atom. The Kier molecular flexibility index (Phi) is 4.57. The summed E-state index contributed by atoms with van der Waals surface area (Å²) in [5.74, 6) is -1.56. The number of halogens is 1. The second-order valence-corrected chi connectivity index (χ2v) is 8.35. The van der Waals surface area contributed by atoms with Crippen LogP contribution < -0.4 is 20.1 Å². The third kappa shape index (κ3) is 2.91. The fourth-order valence-electron chi connectivity index (χ4n) is 5.04. The van der Waals surface area contributed by atoms with E-state index in [1.54, 1.807) is 16.7 Å². The van der Waals surface area contributed by atoms with Gasteiger partial charge in [0.25, 0.3) is 0 Å². The Morgan fingerprint density at radius 3 is 2.83 bits per heavy atom. The lowest BCUT2D eigenvalue weighted by Gasteiger charge is -2.34. The number of anilines is 1. The molecule has 3 aliphatic heterocycles. The van der Waals surface area contributed by atoms with Crippen LogP contribution in [0, 0.1) is 5.82 Å². The molecule has 0 radical (unpaired) electrons. The highest BCUT2D eigenvalue weighted by molar-refractivity contribution is 5.97. The Morgan fingerprint density at radius 1 is 1.20 bits per heavy atom. The number of carboxylic acids is 1. The predicted molar refractivity (Wildman–Crippen MR) is 111 cm³/mol.